The zero-order valence-electron chi connectivity index (χ0n) is 13.2. The maximum absolute atomic E-state index is 12.7. The second-order valence-corrected chi connectivity index (χ2v) is 7.88. The molecular formula is C15H17ClN4O3S. The number of carbonyl (C=O) groups is 1. The number of anilines is 1. The molecule has 2 N–H and O–H groups in total. The molecule has 2 aromatic heterocycles. The normalized spacial score (nSPS) is 19.4. The number of pyridine rings is 1. The molecule has 1 aliphatic heterocycles. The van der Waals surface area contributed by atoms with Gasteiger partial charge in [-0.2, -0.15) is 0 Å². The minimum atomic E-state index is -3.62. The minimum Gasteiger partial charge on any atom is -0.345 e. The molecule has 24 heavy (non-hydrogen) atoms. The summed E-state index contributed by atoms with van der Waals surface area (Å²) in [5, 5.41) is 3.00. The topological polar surface area (TPSA) is 93.1 Å². The van der Waals surface area contributed by atoms with Crippen molar-refractivity contribution < 1.29 is 13.2 Å². The molecule has 0 aromatic carbocycles. The van der Waals surface area contributed by atoms with Crippen LogP contribution >= 0.6 is 11.6 Å². The molecule has 0 aliphatic carbocycles. The van der Waals surface area contributed by atoms with Crippen molar-refractivity contribution in [1.82, 2.24) is 14.3 Å². The summed E-state index contributed by atoms with van der Waals surface area (Å²) in [5.41, 5.74) is 1.36. The summed E-state index contributed by atoms with van der Waals surface area (Å²) in [4.78, 5) is 16.7. The molecule has 0 saturated carbocycles. The van der Waals surface area contributed by atoms with Gasteiger partial charge in [0.1, 0.15) is 15.7 Å². The Balaban J connectivity index is 2.00. The Morgan fingerprint density at radius 3 is 2.96 bits per heavy atom. The number of aryl methyl sites for hydroxylation is 1. The van der Waals surface area contributed by atoms with Crippen molar-refractivity contribution in [2.75, 3.05) is 5.32 Å². The van der Waals surface area contributed by atoms with E-state index in [0.29, 0.717) is 29.8 Å². The second-order valence-electron chi connectivity index (χ2n) is 5.81. The van der Waals surface area contributed by atoms with Crippen molar-refractivity contribution >= 4 is 33.2 Å². The lowest BCUT2D eigenvalue weighted by Gasteiger charge is -2.10. The first-order chi connectivity index (χ1) is 11.3. The Bertz CT molecular complexity index is 907. The van der Waals surface area contributed by atoms with Gasteiger partial charge in [0, 0.05) is 36.7 Å². The molecule has 3 rings (SSSR count). The van der Waals surface area contributed by atoms with Gasteiger partial charge in [-0.15, -0.1) is 0 Å². The van der Waals surface area contributed by atoms with E-state index in [1.807, 2.05) is 6.92 Å². The lowest BCUT2D eigenvalue weighted by Crippen LogP contribution is -2.30. The predicted octanol–water partition coefficient (Wildman–Crippen LogP) is 1.94. The molecule has 7 nitrogen and oxygen atoms in total. The zero-order valence-corrected chi connectivity index (χ0v) is 14.8. The number of amides is 1. The third-order valence-electron chi connectivity index (χ3n) is 3.92. The summed E-state index contributed by atoms with van der Waals surface area (Å²) in [5.74, 6) is -0.384. The Hall–Kier alpha value is -1.90. The van der Waals surface area contributed by atoms with Gasteiger partial charge in [-0.25, -0.2) is 18.1 Å². The molecular weight excluding hydrogens is 352 g/mol. The van der Waals surface area contributed by atoms with Gasteiger partial charge in [-0.05, 0) is 31.9 Å². The fraction of sp³-hybridized carbons (Fsp3) is 0.333. The fourth-order valence-electron chi connectivity index (χ4n) is 2.84. The first kappa shape index (κ1) is 16.9. The van der Waals surface area contributed by atoms with Crippen molar-refractivity contribution in [3.05, 3.63) is 40.9 Å². The molecule has 0 saturated heterocycles. The number of sulfonamides is 1. The molecule has 0 unspecified atom stereocenters. The summed E-state index contributed by atoms with van der Waals surface area (Å²) in [6.45, 7) is 1.81. The van der Waals surface area contributed by atoms with Gasteiger partial charge in [0.05, 0.1) is 0 Å². The second kappa shape index (κ2) is 6.19. The highest BCUT2D eigenvalue weighted by Gasteiger charge is 2.31. The van der Waals surface area contributed by atoms with Crippen LogP contribution in [0.3, 0.4) is 0 Å². The van der Waals surface area contributed by atoms with E-state index in [4.69, 9.17) is 11.6 Å². The number of hydrogen-bond donors (Lipinski definition) is 2. The molecule has 0 bridgehead atoms. The van der Waals surface area contributed by atoms with E-state index < -0.39 is 10.0 Å². The van der Waals surface area contributed by atoms with Crippen LogP contribution in [0.1, 0.15) is 29.4 Å². The molecule has 3 heterocycles. The highest BCUT2D eigenvalue weighted by atomic mass is 35.5. The molecule has 0 spiro atoms. The van der Waals surface area contributed by atoms with Crippen LogP contribution in [-0.4, -0.2) is 29.9 Å². The van der Waals surface area contributed by atoms with E-state index in [1.54, 1.807) is 13.1 Å². The van der Waals surface area contributed by atoms with Gasteiger partial charge in [0.25, 0.3) is 5.91 Å². The van der Waals surface area contributed by atoms with E-state index in [2.05, 4.69) is 15.0 Å². The summed E-state index contributed by atoms with van der Waals surface area (Å²) in [6, 6.07) is 2.97. The largest absolute Gasteiger partial charge is 0.345 e. The average molecular weight is 369 g/mol. The first-order valence-corrected chi connectivity index (χ1v) is 9.27. The smallest absolute Gasteiger partial charge is 0.272 e. The van der Waals surface area contributed by atoms with Crippen LogP contribution in [0.4, 0.5) is 5.69 Å². The third-order valence-corrected chi connectivity index (χ3v) is 5.77. The van der Waals surface area contributed by atoms with E-state index in [1.165, 1.54) is 23.0 Å². The van der Waals surface area contributed by atoms with Crippen LogP contribution < -0.4 is 10.0 Å². The predicted molar refractivity (Wildman–Crippen MR) is 90.7 cm³/mol. The van der Waals surface area contributed by atoms with Gasteiger partial charge < -0.3 is 9.88 Å². The first-order valence-electron chi connectivity index (χ1n) is 7.41. The summed E-state index contributed by atoms with van der Waals surface area (Å²) in [6.07, 6.45) is 4.09. The third kappa shape index (κ3) is 3.17. The van der Waals surface area contributed by atoms with Crippen molar-refractivity contribution in [2.45, 2.75) is 30.7 Å². The van der Waals surface area contributed by atoms with Crippen LogP contribution in [0.5, 0.6) is 0 Å². The van der Waals surface area contributed by atoms with Gasteiger partial charge in [-0.1, -0.05) is 11.6 Å². The molecule has 1 amide bonds. The quantitative estimate of drug-likeness (QED) is 0.792. The fourth-order valence-corrected chi connectivity index (χ4v) is 4.61. The highest BCUT2D eigenvalue weighted by Crippen LogP contribution is 2.27. The molecule has 1 aliphatic rings. The van der Waals surface area contributed by atoms with Crippen molar-refractivity contribution in [3.8, 4) is 0 Å². The highest BCUT2D eigenvalue weighted by molar-refractivity contribution is 7.89. The van der Waals surface area contributed by atoms with E-state index in [-0.39, 0.29) is 22.0 Å². The van der Waals surface area contributed by atoms with E-state index >= 15 is 0 Å². The van der Waals surface area contributed by atoms with Crippen LogP contribution in [0, 0.1) is 0 Å². The number of nitrogens with one attached hydrogen (secondary N) is 2. The van der Waals surface area contributed by atoms with E-state index in [0.717, 1.165) is 0 Å². The Morgan fingerprint density at radius 2 is 2.25 bits per heavy atom. The molecule has 1 atom stereocenters. The summed E-state index contributed by atoms with van der Waals surface area (Å²) in [7, 11) is -1.97. The van der Waals surface area contributed by atoms with Gasteiger partial charge >= 0.3 is 0 Å². The van der Waals surface area contributed by atoms with Crippen LogP contribution in [0.25, 0.3) is 0 Å². The van der Waals surface area contributed by atoms with Gasteiger partial charge in [0.2, 0.25) is 10.0 Å². The average Bonchev–Trinajstić information content (AvgIpc) is 2.77. The number of rotatable bonds is 2. The minimum absolute atomic E-state index is 0.160. The standard InChI is InChI=1S/C15H17ClN4O3S/c1-9-3-4-11-12(24(22,23)19-9)8-20(2)14(11)15(21)18-10-5-6-17-13(16)7-10/h5-9,19H,3-4H2,1-2H3,(H,17,18,21)/t9-/m0/s1. The molecule has 9 heteroatoms. The number of carbonyl (C=O) groups excluding carboxylic acids is 1. The maximum atomic E-state index is 12.7. The van der Waals surface area contributed by atoms with Crippen LogP contribution in [-0.2, 0) is 23.5 Å². The molecule has 128 valence electrons. The van der Waals surface area contributed by atoms with Crippen LogP contribution in [0.15, 0.2) is 29.4 Å². The van der Waals surface area contributed by atoms with Crippen molar-refractivity contribution in [3.63, 3.8) is 0 Å². The lowest BCUT2D eigenvalue weighted by molar-refractivity contribution is 0.101. The number of aromatic nitrogens is 2. The van der Waals surface area contributed by atoms with Gasteiger partial charge in [0.15, 0.2) is 0 Å². The summed E-state index contributed by atoms with van der Waals surface area (Å²) >= 11 is 5.82. The molecule has 0 fully saturated rings. The number of halogens is 1. The van der Waals surface area contributed by atoms with Gasteiger partial charge in [-0.3, -0.25) is 4.79 Å². The number of nitrogens with zero attached hydrogens (tertiary/aromatic N) is 2. The summed E-state index contributed by atoms with van der Waals surface area (Å²) < 4.78 is 29.0. The Labute approximate surface area is 145 Å². The van der Waals surface area contributed by atoms with Crippen molar-refractivity contribution in [2.24, 2.45) is 7.05 Å². The van der Waals surface area contributed by atoms with Crippen LogP contribution in [0.2, 0.25) is 5.15 Å². The SMILES string of the molecule is C[C@H]1CCc2c(cn(C)c2C(=O)Nc2ccnc(Cl)c2)S(=O)(=O)N1. The Morgan fingerprint density at radius 1 is 1.50 bits per heavy atom. The monoisotopic (exact) mass is 368 g/mol. The Kier molecular flexibility index (Phi) is 4.37. The number of fused-ring (bicyclic) bond motifs is 1. The molecule has 2 aromatic rings. The maximum Gasteiger partial charge on any atom is 0.272 e. The van der Waals surface area contributed by atoms with E-state index in [9.17, 15) is 13.2 Å². The van der Waals surface area contributed by atoms with Crippen molar-refractivity contribution in [1.29, 1.82) is 0 Å². The number of hydrogen-bond acceptors (Lipinski definition) is 4. The molecule has 0 radical (unpaired) electrons. The zero-order chi connectivity index (χ0) is 17.5. The lowest BCUT2D eigenvalue weighted by atomic mass is 10.1.